The van der Waals surface area contributed by atoms with Crippen LogP contribution in [0.5, 0.6) is 0 Å². The van der Waals surface area contributed by atoms with Crippen LogP contribution in [0.4, 0.5) is 20.2 Å². The Labute approximate surface area is 108 Å². The molecule has 5 heteroatoms. The van der Waals surface area contributed by atoms with Gasteiger partial charge in [0.15, 0.2) is 0 Å². The van der Waals surface area contributed by atoms with E-state index in [1.54, 1.807) is 6.92 Å². The third kappa shape index (κ3) is 1.99. The summed E-state index contributed by atoms with van der Waals surface area (Å²) >= 11 is 5.66. The van der Waals surface area contributed by atoms with Gasteiger partial charge in [0, 0.05) is 27.5 Å². The third-order valence-electron chi connectivity index (χ3n) is 2.83. The minimum atomic E-state index is -0.656. The first-order chi connectivity index (χ1) is 8.41. The smallest absolute Gasteiger partial charge is 0.135 e. The van der Waals surface area contributed by atoms with E-state index < -0.39 is 11.6 Å². The van der Waals surface area contributed by atoms with Crippen molar-refractivity contribution in [1.29, 1.82) is 0 Å². The molecule has 18 heavy (non-hydrogen) atoms. The first-order valence-electron chi connectivity index (χ1n) is 5.21. The zero-order chi connectivity index (χ0) is 13.4. The molecule has 0 heterocycles. The summed E-state index contributed by atoms with van der Waals surface area (Å²) in [5.41, 5.74) is 12.4. The van der Waals surface area contributed by atoms with E-state index in [0.29, 0.717) is 5.56 Å². The van der Waals surface area contributed by atoms with Gasteiger partial charge < -0.3 is 11.5 Å². The summed E-state index contributed by atoms with van der Waals surface area (Å²) < 4.78 is 27.7. The standard InChI is InChI=1S/C13H11ClF2N2/c1-6-11(17)5-10(16)12(13(6)18)8-3-2-7(14)4-9(8)15/h2-5H,17-18H2,1H3. The van der Waals surface area contributed by atoms with Crippen LogP contribution in [-0.4, -0.2) is 0 Å². The molecule has 0 saturated carbocycles. The molecular weight excluding hydrogens is 258 g/mol. The van der Waals surface area contributed by atoms with Crippen molar-refractivity contribution in [3.8, 4) is 11.1 Å². The van der Waals surface area contributed by atoms with Crippen molar-refractivity contribution in [1.82, 2.24) is 0 Å². The lowest BCUT2D eigenvalue weighted by atomic mass is 9.98. The molecule has 94 valence electrons. The van der Waals surface area contributed by atoms with E-state index in [0.717, 1.165) is 12.1 Å². The number of nitrogens with two attached hydrogens (primary N) is 2. The molecular formula is C13H11ClF2N2. The number of anilines is 2. The van der Waals surface area contributed by atoms with Crippen LogP contribution in [0.15, 0.2) is 24.3 Å². The van der Waals surface area contributed by atoms with Crippen molar-refractivity contribution < 1.29 is 8.78 Å². The van der Waals surface area contributed by atoms with Crippen molar-refractivity contribution in [2.75, 3.05) is 11.5 Å². The van der Waals surface area contributed by atoms with Crippen LogP contribution in [0, 0.1) is 18.6 Å². The van der Waals surface area contributed by atoms with Crippen molar-refractivity contribution in [2.45, 2.75) is 6.92 Å². The fraction of sp³-hybridized carbons (Fsp3) is 0.0769. The molecule has 0 aliphatic rings. The Morgan fingerprint density at radius 2 is 1.72 bits per heavy atom. The van der Waals surface area contributed by atoms with Gasteiger partial charge in [-0.3, -0.25) is 0 Å². The van der Waals surface area contributed by atoms with Crippen LogP contribution in [0.3, 0.4) is 0 Å². The van der Waals surface area contributed by atoms with Gasteiger partial charge in [-0.05, 0) is 36.8 Å². The molecule has 0 radical (unpaired) electrons. The van der Waals surface area contributed by atoms with Crippen molar-refractivity contribution in [3.05, 3.63) is 46.5 Å². The SMILES string of the molecule is Cc1c(N)cc(F)c(-c2ccc(Cl)cc2F)c1N. The predicted octanol–water partition coefficient (Wildman–Crippen LogP) is 3.76. The third-order valence-corrected chi connectivity index (χ3v) is 3.06. The van der Waals surface area contributed by atoms with Crippen molar-refractivity contribution in [2.24, 2.45) is 0 Å². The molecule has 2 rings (SSSR count). The Hall–Kier alpha value is -1.81. The Morgan fingerprint density at radius 3 is 2.33 bits per heavy atom. The van der Waals surface area contributed by atoms with Crippen LogP contribution in [0.2, 0.25) is 5.02 Å². The summed E-state index contributed by atoms with van der Waals surface area (Å²) in [6.45, 7) is 1.65. The monoisotopic (exact) mass is 268 g/mol. The minimum Gasteiger partial charge on any atom is -0.398 e. The molecule has 2 aromatic rings. The normalized spacial score (nSPS) is 10.7. The molecule has 2 aromatic carbocycles. The zero-order valence-corrected chi connectivity index (χ0v) is 10.4. The molecule has 0 bridgehead atoms. The van der Waals surface area contributed by atoms with E-state index in [1.807, 2.05) is 0 Å². The fourth-order valence-electron chi connectivity index (χ4n) is 1.75. The summed E-state index contributed by atoms with van der Waals surface area (Å²) in [7, 11) is 0. The second-order valence-corrected chi connectivity index (χ2v) is 4.42. The lowest BCUT2D eigenvalue weighted by molar-refractivity contribution is 0.617. The topological polar surface area (TPSA) is 52.0 Å². The van der Waals surface area contributed by atoms with Crippen LogP contribution < -0.4 is 11.5 Å². The molecule has 0 aromatic heterocycles. The van der Waals surface area contributed by atoms with Gasteiger partial charge in [0.2, 0.25) is 0 Å². The average molecular weight is 269 g/mol. The van der Waals surface area contributed by atoms with Crippen LogP contribution in [-0.2, 0) is 0 Å². The number of halogens is 3. The molecule has 0 saturated heterocycles. The first-order valence-corrected chi connectivity index (χ1v) is 5.59. The zero-order valence-electron chi connectivity index (χ0n) is 9.60. The van der Waals surface area contributed by atoms with E-state index in [4.69, 9.17) is 23.1 Å². The van der Waals surface area contributed by atoms with Crippen molar-refractivity contribution >= 4 is 23.0 Å². The van der Waals surface area contributed by atoms with E-state index in [1.165, 1.54) is 12.1 Å². The summed E-state index contributed by atoms with van der Waals surface area (Å²) in [5, 5.41) is 0.238. The highest BCUT2D eigenvalue weighted by molar-refractivity contribution is 6.30. The summed E-state index contributed by atoms with van der Waals surface area (Å²) in [6, 6.07) is 5.11. The highest BCUT2D eigenvalue weighted by Gasteiger charge is 2.17. The maximum Gasteiger partial charge on any atom is 0.135 e. The van der Waals surface area contributed by atoms with Crippen LogP contribution >= 0.6 is 11.6 Å². The number of hydrogen-bond acceptors (Lipinski definition) is 2. The molecule has 0 atom stereocenters. The summed E-state index contributed by atoms with van der Waals surface area (Å²) in [5.74, 6) is -1.28. The molecule has 0 fully saturated rings. The highest BCUT2D eigenvalue weighted by Crippen LogP contribution is 2.36. The number of hydrogen-bond donors (Lipinski definition) is 2. The van der Waals surface area contributed by atoms with Gasteiger partial charge in [-0.25, -0.2) is 8.78 Å². The van der Waals surface area contributed by atoms with Crippen LogP contribution in [0.1, 0.15) is 5.56 Å². The molecule has 4 N–H and O–H groups in total. The Morgan fingerprint density at radius 1 is 1.06 bits per heavy atom. The number of rotatable bonds is 1. The number of nitrogen functional groups attached to an aromatic ring is 2. The Balaban J connectivity index is 2.75. The highest BCUT2D eigenvalue weighted by atomic mass is 35.5. The van der Waals surface area contributed by atoms with E-state index in [2.05, 4.69) is 0 Å². The van der Waals surface area contributed by atoms with E-state index in [-0.39, 0.29) is 27.5 Å². The molecule has 0 unspecified atom stereocenters. The largest absolute Gasteiger partial charge is 0.398 e. The quantitative estimate of drug-likeness (QED) is 0.774. The summed E-state index contributed by atoms with van der Waals surface area (Å²) in [4.78, 5) is 0. The van der Waals surface area contributed by atoms with Gasteiger partial charge in [0.1, 0.15) is 11.6 Å². The van der Waals surface area contributed by atoms with Gasteiger partial charge in [-0.15, -0.1) is 0 Å². The molecule has 0 amide bonds. The maximum atomic E-state index is 13.9. The van der Waals surface area contributed by atoms with Crippen molar-refractivity contribution in [3.63, 3.8) is 0 Å². The fourth-order valence-corrected chi connectivity index (χ4v) is 1.91. The van der Waals surface area contributed by atoms with E-state index in [9.17, 15) is 8.78 Å². The molecule has 2 nitrogen and oxygen atoms in total. The average Bonchev–Trinajstić information content (AvgIpc) is 2.29. The first kappa shape index (κ1) is 12.6. The van der Waals surface area contributed by atoms with Crippen LogP contribution in [0.25, 0.3) is 11.1 Å². The lowest BCUT2D eigenvalue weighted by Gasteiger charge is -2.13. The van der Waals surface area contributed by atoms with Gasteiger partial charge in [-0.1, -0.05) is 11.6 Å². The lowest BCUT2D eigenvalue weighted by Crippen LogP contribution is -2.02. The molecule has 0 spiro atoms. The minimum absolute atomic E-state index is 0.0101. The van der Waals surface area contributed by atoms with Gasteiger partial charge in [0.05, 0.1) is 0 Å². The second kappa shape index (κ2) is 4.46. The Kier molecular flexibility index (Phi) is 3.13. The number of benzene rings is 2. The second-order valence-electron chi connectivity index (χ2n) is 3.99. The van der Waals surface area contributed by atoms with E-state index >= 15 is 0 Å². The molecule has 0 aliphatic heterocycles. The van der Waals surface area contributed by atoms with Gasteiger partial charge in [-0.2, -0.15) is 0 Å². The van der Waals surface area contributed by atoms with Gasteiger partial charge >= 0.3 is 0 Å². The summed E-state index contributed by atoms with van der Waals surface area (Å²) in [6.07, 6.45) is 0. The maximum absolute atomic E-state index is 13.9. The molecule has 0 aliphatic carbocycles. The predicted molar refractivity (Wildman–Crippen MR) is 70.4 cm³/mol. The Bertz CT molecular complexity index is 627. The van der Waals surface area contributed by atoms with Gasteiger partial charge in [0.25, 0.3) is 0 Å².